The molecule has 4 aromatic rings. The fourth-order valence-corrected chi connectivity index (χ4v) is 5.82. The number of hydrogen-bond acceptors (Lipinski definition) is 9. The highest BCUT2D eigenvalue weighted by atomic mass is 16.7. The normalized spacial score (nSPS) is 18.6. The molecule has 0 unspecified atom stereocenters. The number of nitrogens with zero attached hydrogens (tertiary/aromatic N) is 5. The summed E-state index contributed by atoms with van der Waals surface area (Å²) in [6.07, 6.45) is 3.08. The number of alkyl carbamates (subject to hydrolysis) is 1. The number of carbonyl (C=O) groups excluding carboxylic acids is 1. The number of fused-ring (bicyclic) bond motifs is 1. The molecule has 0 spiro atoms. The van der Waals surface area contributed by atoms with Gasteiger partial charge in [0.1, 0.15) is 16.9 Å². The van der Waals surface area contributed by atoms with Crippen molar-refractivity contribution in [2.45, 2.75) is 90.7 Å². The molecule has 5 heterocycles. The standard InChI is InChI=1S/C34H44BN7O4/c1-32(2,3)44-31(43)38-23-16-19-41(20-17-23)21-22-10-12-24(13-11-22)42-29(25-9-8-18-37-28(25)36)39-26-14-15-27(40-30(26)42)35-45-33(4,5)34(6,7)46-35/h8-15,18,23H,16-17,19-21H2,1-7H3,(H2,36,37)(H,38,43). The van der Waals surface area contributed by atoms with Gasteiger partial charge in [0.2, 0.25) is 0 Å². The number of rotatable bonds is 6. The van der Waals surface area contributed by atoms with Gasteiger partial charge in [0.15, 0.2) is 11.5 Å². The van der Waals surface area contributed by atoms with Crippen molar-refractivity contribution >= 4 is 35.8 Å². The zero-order chi connectivity index (χ0) is 32.9. The topological polar surface area (TPSA) is 130 Å². The van der Waals surface area contributed by atoms with E-state index in [0.29, 0.717) is 22.9 Å². The molecular weight excluding hydrogens is 581 g/mol. The first-order valence-corrected chi connectivity index (χ1v) is 16.0. The molecule has 46 heavy (non-hydrogen) atoms. The van der Waals surface area contributed by atoms with Crippen molar-refractivity contribution in [3.8, 4) is 17.1 Å². The maximum Gasteiger partial charge on any atom is 0.514 e. The van der Waals surface area contributed by atoms with Crippen LogP contribution in [0.15, 0.2) is 54.7 Å². The van der Waals surface area contributed by atoms with Crippen molar-refractivity contribution in [2.24, 2.45) is 0 Å². The summed E-state index contributed by atoms with van der Waals surface area (Å²) in [5.74, 6) is 1.05. The molecule has 2 saturated heterocycles. The van der Waals surface area contributed by atoms with E-state index in [1.807, 2.05) is 77.3 Å². The van der Waals surface area contributed by atoms with Crippen LogP contribution in [-0.4, -0.2) is 73.6 Å². The number of pyridine rings is 2. The van der Waals surface area contributed by atoms with Gasteiger partial charge in [0.05, 0.1) is 22.4 Å². The molecule has 2 fully saturated rings. The van der Waals surface area contributed by atoms with Crippen LogP contribution in [0.5, 0.6) is 0 Å². The second kappa shape index (κ2) is 12.0. The Morgan fingerprint density at radius 3 is 2.33 bits per heavy atom. The molecule has 0 radical (unpaired) electrons. The predicted molar refractivity (Wildman–Crippen MR) is 180 cm³/mol. The van der Waals surface area contributed by atoms with Gasteiger partial charge in [-0.1, -0.05) is 12.1 Å². The van der Waals surface area contributed by atoms with Crippen molar-refractivity contribution in [3.63, 3.8) is 0 Å². The van der Waals surface area contributed by atoms with E-state index >= 15 is 0 Å². The summed E-state index contributed by atoms with van der Waals surface area (Å²) in [7, 11) is -0.601. The van der Waals surface area contributed by atoms with Gasteiger partial charge in [-0.25, -0.2) is 19.7 Å². The molecule has 11 nitrogen and oxygen atoms in total. The third-order valence-corrected chi connectivity index (χ3v) is 9.01. The van der Waals surface area contributed by atoms with Crippen LogP contribution >= 0.6 is 0 Å². The molecule has 12 heteroatoms. The second-order valence-electron chi connectivity index (χ2n) is 14.2. The predicted octanol–water partition coefficient (Wildman–Crippen LogP) is 4.85. The number of nitrogens with one attached hydrogen (secondary N) is 1. The van der Waals surface area contributed by atoms with Crippen LogP contribution in [0.4, 0.5) is 10.6 Å². The molecular formula is C34H44BN7O4. The summed E-state index contributed by atoms with van der Waals surface area (Å²) in [5.41, 5.74) is 9.79. The van der Waals surface area contributed by atoms with Crippen LogP contribution in [0.25, 0.3) is 28.2 Å². The molecule has 3 N–H and O–H groups in total. The molecule has 0 saturated carbocycles. The first-order chi connectivity index (χ1) is 21.7. The number of nitrogen functional groups attached to an aromatic ring is 1. The zero-order valence-corrected chi connectivity index (χ0v) is 27.8. The van der Waals surface area contributed by atoms with Crippen LogP contribution in [0, 0.1) is 0 Å². The highest BCUT2D eigenvalue weighted by Crippen LogP contribution is 2.37. The lowest BCUT2D eigenvalue weighted by atomic mass is 9.84. The summed E-state index contributed by atoms with van der Waals surface area (Å²) in [5, 5.41) is 3.02. The molecule has 0 bridgehead atoms. The van der Waals surface area contributed by atoms with Crippen LogP contribution in [0.1, 0.15) is 66.9 Å². The quantitative estimate of drug-likeness (QED) is 0.289. The summed E-state index contributed by atoms with van der Waals surface area (Å²) in [4.78, 5) is 28.9. The van der Waals surface area contributed by atoms with E-state index in [1.54, 1.807) is 6.20 Å². The van der Waals surface area contributed by atoms with Gasteiger partial charge in [-0.3, -0.25) is 9.47 Å². The SMILES string of the molecule is CC(C)(C)OC(=O)NC1CCN(Cc2ccc(-n3c(-c4cccnc4N)nc4ccc(B5OC(C)(C)C(C)(C)O5)nc43)cc2)CC1. The second-order valence-corrected chi connectivity index (χ2v) is 14.2. The van der Waals surface area contributed by atoms with Gasteiger partial charge in [-0.2, -0.15) is 0 Å². The maximum absolute atomic E-state index is 12.2. The van der Waals surface area contributed by atoms with Crippen LogP contribution in [0.2, 0.25) is 0 Å². The molecule has 0 aliphatic carbocycles. The van der Waals surface area contributed by atoms with E-state index in [1.165, 1.54) is 5.56 Å². The van der Waals surface area contributed by atoms with Crippen molar-refractivity contribution in [1.29, 1.82) is 0 Å². The minimum atomic E-state index is -0.601. The number of carbonyl (C=O) groups is 1. The number of benzene rings is 1. The average Bonchev–Trinajstić information content (AvgIpc) is 3.46. The van der Waals surface area contributed by atoms with E-state index in [2.05, 4.69) is 39.5 Å². The number of nitrogens with two attached hydrogens (primary N) is 1. The molecule has 2 aliphatic rings. The van der Waals surface area contributed by atoms with Crippen molar-refractivity contribution < 1.29 is 18.8 Å². The Balaban J connectivity index is 1.24. The largest absolute Gasteiger partial charge is 0.514 e. The van der Waals surface area contributed by atoms with Gasteiger partial charge >= 0.3 is 13.2 Å². The summed E-state index contributed by atoms with van der Waals surface area (Å²) < 4.78 is 20.1. The Hall–Kier alpha value is -4.00. The Labute approximate surface area is 271 Å². The minimum Gasteiger partial charge on any atom is -0.444 e. The number of likely N-dealkylation sites (tertiary alicyclic amines) is 1. The Morgan fingerprint density at radius 1 is 1.02 bits per heavy atom. The molecule has 1 amide bonds. The molecule has 242 valence electrons. The van der Waals surface area contributed by atoms with E-state index < -0.39 is 23.9 Å². The van der Waals surface area contributed by atoms with Crippen LogP contribution < -0.4 is 16.6 Å². The third-order valence-electron chi connectivity index (χ3n) is 9.01. The number of aromatic nitrogens is 4. The lowest BCUT2D eigenvalue weighted by Crippen LogP contribution is -2.45. The van der Waals surface area contributed by atoms with E-state index in [4.69, 9.17) is 29.7 Å². The molecule has 0 atom stereocenters. The highest BCUT2D eigenvalue weighted by molar-refractivity contribution is 6.61. The number of hydrogen-bond donors (Lipinski definition) is 2. The summed E-state index contributed by atoms with van der Waals surface area (Å²) in [6, 6.07) is 16.2. The Bertz CT molecular complexity index is 1710. The first-order valence-electron chi connectivity index (χ1n) is 16.0. The number of imidazole rings is 1. The monoisotopic (exact) mass is 625 g/mol. The Morgan fingerprint density at radius 2 is 1.70 bits per heavy atom. The molecule has 6 rings (SSSR count). The smallest absolute Gasteiger partial charge is 0.444 e. The Kier molecular flexibility index (Phi) is 8.33. The molecule has 3 aromatic heterocycles. The van der Waals surface area contributed by atoms with E-state index in [9.17, 15) is 4.79 Å². The fraction of sp³-hybridized carbons (Fsp3) is 0.471. The number of piperidine rings is 1. The zero-order valence-electron chi connectivity index (χ0n) is 27.8. The van der Waals surface area contributed by atoms with Crippen LogP contribution in [-0.2, 0) is 20.6 Å². The lowest BCUT2D eigenvalue weighted by molar-refractivity contribution is 0.00578. The van der Waals surface area contributed by atoms with E-state index in [0.717, 1.165) is 49.2 Å². The third kappa shape index (κ3) is 6.60. The van der Waals surface area contributed by atoms with Gasteiger partial charge in [0, 0.05) is 37.6 Å². The minimum absolute atomic E-state index is 0.121. The number of anilines is 1. The van der Waals surface area contributed by atoms with Crippen molar-refractivity contribution in [1.82, 2.24) is 29.7 Å². The highest BCUT2D eigenvalue weighted by Gasteiger charge is 2.52. The lowest BCUT2D eigenvalue weighted by Gasteiger charge is -2.32. The molecule has 2 aliphatic heterocycles. The van der Waals surface area contributed by atoms with Crippen molar-refractivity contribution in [2.75, 3.05) is 18.8 Å². The van der Waals surface area contributed by atoms with Gasteiger partial charge in [-0.15, -0.1) is 0 Å². The maximum atomic E-state index is 12.2. The summed E-state index contributed by atoms with van der Waals surface area (Å²) >= 11 is 0. The molecule has 1 aromatic carbocycles. The van der Waals surface area contributed by atoms with Gasteiger partial charge in [-0.05, 0) is 103 Å². The van der Waals surface area contributed by atoms with Crippen molar-refractivity contribution in [3.05, 3.63) is 60.3 Å². The average molecular weight is 626 g/mol. The van der Waals surface area contributed by atoms with Gasteiger partial charge < -0.3 is 25.1 Å². The fourth-order valence-electron chi connectivity index (χ4n) is 5.82. The number of ether oxygens (including phenoxy) is 1. The van der Waals surface area contributed by atoms with Gasteiger partial charge in [0.25, 0.3) is 0 Å². The summed E-state index contributed by atoms with van der Waals surface area (Å²) in [6.45, 7) is 16.4. The van der Waals surface area contributed by atoms with Crippen LogP contribution in [0.3, 0.4) is 0 Å². The first kappa shape index (κ1) is 32.0. The van der Waals surface area contributed by atoms with E-state index in [-0.39, 0.29) is 12.1 Å². The number of amides is 1.